The van der Waals surface area contributed by atoms with Gasteiger partial charge in [0.05, 0.1) is 31.0 Å². The van der Waals surface area contributed by atoms with E-state index in [1.54, 1.807) is 5.51 Å². The molecule has 6 heteroatoms. The van der Waals surface area contributed by atoms with Gasteiger partial charge in [-0.3, -0.25) is 4.79 Å². The fourth-order valence-electron chi connectivity index (χ4n) is 1.56. The molecule has 1 amide bonds. The van der Waals surface area contributed by atoms with Gasteiger partial charge in [-0.25, -0.2) is 4.98 Å². The van der Waals surface area contributed by atoms with Crippen molar-refractivity contribution >= 4 is 17.2 Å². The van der Waals surface area contributed by atoms with E-state index in [1.165, 1.54) is 11.3 Å². The molecule has 5 nitrogen and oxygen atoms in total. The Labute approximate surface area is 98.2 Å². The predicted molar refractivity (Wildman–Crippen MR) is 61.2 cm³/mol. The Bertz CT molecular complexity index is 323. The molecule has 16 heavy (non-hydrogen) atoms. The molecular formula is C10H15N3O2S. The maximum Gasteiger partial charge on any atom is 0.221 e. The summed E-state index contributed by atoms with van der Waals surface area (Å²) in [6.45, 7) is 2.68. The molecule has 0 saturated carbocycles. The zero-order valence-corrected chi connectivity index (χ0v) is 9.76. The normalized spacial score (nSPS) is 20.6. The van der Waals surface area contributed by atoms with E-state index in [0.717, 1.165) is 18.8 Å². The van der Waals surface area contributed by atoms with Gasteiger partial charge in [0.1, 0.15) is 0 Å². The molecule has 0 aliphatic carbocycles. The average Bonchev–Trinajstić information content (AvgIpc) is 2.81. The summed E-state index contributed by atoms with van der Waals surface area (Å²) in [5, 5.41) is 8.02. The largest absolute Gasteiger partial charge is 0.378 e. The summed E-state index contributed by atoms with van der Waals surface area (Å²) in [6, 6.07) is 0.143. The first-order valence-corrected chi connectivity index (χ1v) is 6.24. The minimum absolute atomic E-state index is 0.0380. The second-order valence-electron chi connectivity index (χ2n) is 3.69. The summed E-state index contributed by atoms with van der Waals surface area (Å²) in [6.07, 6.45) is 0.462. The highest BCUT2D eigenvalue weighted by molar-refractivity contribution is 7.07. The van der Waals surface area contributed by atoms with Crippen LogP contribution in [-0.2, 0) is 16.1 Å². The fraction of sp³-hybridized carbons (Fsp3) is 0.600. The quantitative estimate of drug-likeness (QED) is 0.787. The number of carbonyl (C=O) groups excluding carboxylic acids is 1. The number of nitrogens with zero attached hydrogens (tertiary/aromatic N) is 1. The molecule has 2 rings (SSSR count). The Morgan fingerprint density at radius 3 is 3.38 bits per heavy atom. The Morgan fingerprint density at radius 2 is 2.69 bits per heavy atom. The first-order chi connectivity index (χ1) is 7.84. The van der Waals surface area contributed by atoms with Gasteiger partial charge in [-0.15, -0.1) is 11.3 Å². The van der Waals surface area contributed by atoms with E-state index in [1.807, 2.05) is 5.38 Å². The summed E-state index contributed by atoms with van der Waals surface area (Å²) >= 11 is 1.53. The molecule has 0 spiro atoms. The van der Waals surface area contributed by atoms with E-state index in [2.05, 4.69) is 15.6 Å². The number of hydrogen-bond acceptors (Lipinski definition) is 5. The van der Waals surface area contributed by atoms with Crippen molar-refractivity contribution in [2.24, 2.45) is 0 Å². The van der Waals surface area contributed by atoms with Crippen molar-refractivity contribution < 1.29 is 9.53 Å². The van der Waals surface area contributed by atoms with Crippen LogP contribution in [0.2, 0.25) is 0 Å². The molecule has 1 unspecified atom stereocenters. The van der Waals surface area contributed by atoms with E-state index in [4.69, 9.17) is 4.74 Å². The molecular weight excluding hydrogens is 226 g/mol. The lowest BCUT2D eigenvalue weighted by Gasteiger charge is -2.23. The van der Waals surface area contributed by atoms with Gasteiger partial charge in [0.25, 0.3) is 0 Å². The number of amides is 1. The summed E-state index contributed by atoms with van der Waals surface area (Å²) in [4.78, 5) is 15.7. The second kappa shape index (κ2) is 5.93. The Kier molecular flexibility index (Phi) is 4.26. The number of morpholine rings is 1. The van der Waals surface area contributed by atoms with Crippen LogP contribution >= 0.6 is 11.3 Å². The summed E-state index contributed by atoms with van der Waals surface area (Å²) in [5.74, 6) is 0.0380. The van der Waals surface area contributed by atoms with E-state index in [9.17, 15) is 4.79 Å². The van der Waals surface area contributed by atoms with E-state index in [-0.39, 0.29) is 11.9 Å². The Hall–Kier alpha value is -0.980. The van der Waals surface area contributed by atoms with Crippen molar-refractivity contribution in [2.75, 3.05) is 19.8 Å². The van der Waals surface area contributed by atoms with Crippen LogP contribution in [0.3, 0.4) is 0 Å². The molecule has 1 atom stereocenters. The van der Waals surface area contributed by atoms with Crippen molar-refractivity contribution in [2.45, 2.75) is 19.0 Å². The molecule has 1 aromatic rings. The first kappa shape index (κ1) is 11.5. The lowest BCUT2D eigenvalue weighted by molar-refractivity contribution is -0.122. The van der Waals surface area contributed by atoms with E-state index < -0.39 is 0 Å². The third kappa shape index (κ3) is 3.55. The van der Waals surface area contributed by atoms with Gasteiger partial charge < -0.3 is 15.4 Å². The van der Waals surface area contributed by atoms with Gasteiger partial charge >= 0.3 is 0 Å². The Balaban J connectivity index is 1.67. The zero-order valence-electron chi connectivity index (χ0n) is 8.94. The molecule has 1 aliphatic rings. The number of thiazole rings is 1. The van der Waals surface area contributed by atoms with Crippen LogP contribution in [0.4, 0.5) is 0 Å². The lowest BCUT2D eigenvalue weighted by Crippen LogP contribution is -2.44. The number of nitrogens with one attached hydrogen (secondary N) is 2. The summed E-state index contributed by atoms with van der Waals surface area (Å²) in [7, 11) is 0. The lowest BCUT2D eigenvalue weighted by atomic mass is 10.2. The van der Waals surface area contributed by atoms with Gasteiger partial charge in [-0.1, -0.05) is 0 Å². The van der Waals surface area contributed by atoms with Gasteiger partial charge in [0, 0.05) is 24.4 Å². The SMILES string of the molecule is O=C(CC1COCCN1)NCc1cscn1. The van der Waals surface area contributed by atoms with Crippen LogP contribution < -0.4 is 10.6 Å². The zero-order chi connectivity index (χ0) is 11.2. The van der Waals surface area contributed by atoms with Crippen molar-refractivity contribution in [1.29, 1.82) is 0 Å². The van der Waals surface area contributed by atoms with Crippen molar-refractivity contribution in [3.63, 3.8) is 0 Å². The predicted octanol–water partition coefficient (Wildman–Crippen LogP) is 0.138. The van der Waals surface area contributed by atoms with Crippen molar-refractivity contribution in [3.05, 3.63) is 16.6 Å². The van der Waals surface area contributed by atoms with Crippen molar-refractivity contribution in [1.82, 2.24) is 15.6 Å². The standard InChI is InChI=1S/C10H15N3O2S/c14-10(3-8-5-15-2-1-11-8)12-4-9-6-16-7-13-9/h6-8,11H,1-5H2,(H,12,14). The third-order valence-corrected chi connectivity index (χ3v) is 3.02. The maximum absolute atomic E-state index is 11.6. The third-order valence-electron chi connectivity index (χ3n) is 2.38. The molecule has 0 bridgehead atoms. The number of rotatable bonds is 4. The number of carbonyl (C=O) groups is 1. The Morgan fingerprint density at radius 1 is 1.75 bits per heavy atom. The fourth-order valence-corrected chi connectivity index (χ4v) is 2.12. The van der Waals surface area contributed by atoms with Gasteiger partial charge in [-0.2, -0.15) is 0 Å². The average molecular weight is 241 g/mol. The molecule has 1 fully saturated rings. The van der Waals surface area contributed by atoms with Gasteiger partial charge in [0.2, 0.25) is 5.91 Å². The monoisotopic (exact) mass is 241 g/mol. The minimum Gasteiger partial charge on any atom is -0.378 e. The van der Waals surface area contributed by atoms with Crippen LogP contribution in [0.5, 0.6) is 0 Å². The number of hydrogen-bond donors (Lipinski definition) is 2. The molecule has 2 heterocycles. The topological polar surface area (TPSA) is 63.2 Å². The van der Waals surface area contributed by atoms with Crippen LogP contribution in [-0.4, -0.2) is 36.7 Å². The van der Waals surface area contributed by atoms with Crippen LogP contribution in [0, 0.1) is 0 Å². The highest BCUT2D eigenvalue weighted by Crippen LogP contribution is 2.01. The van der Waals surface area contributed by atoms with Crippen LogP contribution in [0.1, 0.15) is 12.1 Å². The van der Waals surface area contributed by atoms with Gasteiger partial charge in [-0.05, 0) is 0 Å². The van der Waals surface area contributed by atoms with E-state index >= 15 is 0 Å². The first-order valence-electron chi connectivity index (χ1n) is 5.29. The smallest absolute Gasteiger partial charge is 0.221 e. The highest BCUT2D eigenvalue weighted by Gasteiger charge is 2.16. The summed E-state index contributed by atoms with van der Waals surface area (Å²) in [5.41, 5.74) is 2.67. The van der Waals surface area contributed by atoms with Crippen LogP contribution in [0.15, 0.2) is 10.9 Å². The molecule has 2 N–H and O–H groups in total. The van der Waals surface area contributed by atoms with Gasteiger partial charge in [0.15, 0.2) is 0 Å². The maximum atomic E-state index is 11.6. The highest BCUT2D eigenvalue weighted by atomic mass is 32.1. The van der Waals surface area contributed by atoms with E-state index in [0.29, 0.717) is 19.6 Å². The second-order valence-corrected chi connectivity index (χ2v) is 4.41. The molecule has 1 saturated heterocycles. The molecule has 0 aromatic carbocycles. The summed E-state index contributed by atoms with van der Waals surface area (Å²) < 4.78 is 5.28. The molecule has 1 aromatic heterocycles. The van der Waals surface area contributed by atoms with Crippen LogP contribution in [0.25, 0.3) is 0 Å². The number of ether oxygens (including phenoxy) is 1. The molecule has 1 aliphatic heterocycles. The molecule has 0 radical (unpaired) electrons. The number of aromatic nitrogens is 1. The van der Waals surface area contributed by atoms with Crippen molar-refractivity contribution in [3.8, 4) is 0 Å². The molecule has 88 valence electrons. The minimum atomic E-state index is 0.0380.